The molecule has 1 aromatic carbocycles. The molecule has 1 aliphatic rings. The number of hydrogen-bond acceptors (Lipinski definition) is 5. The van der Waals surface area contributed by atoms with Crippen molar-refractivity contribution in [1.29, 1.82) is 0 Å². The second-order valence-electron chi connectivity index (χ2n) is 6.45. The van der Waals surface area contributed by atoms with Gasteiger partial charge < -0.3 is 15.4 Å². The second-order valence-corrected chi connectivity index (χ2v) is 6.45. The molecule has 1 aliphatic heterocycles. The summed E-state index contributed by atoms with van der Waals surface area (Å²) in [6.07, 6.45) is 2.01. The van der Waals surface area contributed by atoms with Crippen LogP contribution in [0.4, 0.5) is 11.6 Å². The lowest BCUT2D eigenvalue weighted by Gasteiger charge is -2.22. The van der Waals surface area contributed by atoms with Crippen molar-refractivity contribution < 1.29 is 9.53 Å². The standard InChI is InChI=1S/C19H24N4O2/c1-13-10-14(2)22-19(21-13)23-17-5-3-4-16(11-17)18(24)20-12-15-6-8-25-9-7-15/h3-5,10-11,15H,6-9,12H2,1-2H3,(H,20,24)(H,21,22,23). The molecule has 6 heteroatoms. The third kappa shape index (κ3) is 5.00. The molecule has 1 aromatic heterocycles. The number of aromatic nitrogens is 2. The number of ether oxygens (including phenoxy) is 1. The maximum absolute atomic E-state index is 12.4. The first-order valence-corrected chi connectivity index (χ1v) is 8.65. The molecule has 2 N–H and O–H groups in total. The monoisotopic (exact) mass is 340 g/mol. The van der Waals surface area contributed by atoms with Crippen molar-refractivity contribution in [3.63, 3.8) is 0 Å². The average Bonchev–Trinajstić information content (AvgIpc) is 2.60. The Morgan fingerprint density at radius 1 is 1.16 bits per heavy atom. The lowest BCUT2D eigenvalue weighted by Crippen LogP contribution is -2.32. The number of amides is 1. The van der Waals surface area contributed by atoms with Gasteiger partial charge in [-0.15, -0.1) is 0 Å². The summed E-state index contributed by atoms with van der Waals surface area (Å²) in [4.78, 5) is 21.1. The molecule has 1 fully saturated rings. The van der Waals surface area contributed by atoms with E-state index in [2.05, 4.69) is 20.6 Å². The highest BCUT2D eigenvalue weighted by Crippen LogP contribution is 2.17. The van der Waals surface area contributed by atoms with Gasteiger partial charge in [-0.05, 0) is 56.9 Å². The van der Waals surface area contributed by atoms with Crippen LogP contribution in [0.3, 0.4) is 0 Å². The van der Waals surface area contributed by atoms with Crippen LogP contribution in [0.25, 0.3) is 0 Å². The molecular weight excluding hydrogens is 316 g/mol. The molecule has 0 spiro atoms. The average molecular weight is 340 g/mol. The van der Waals surface area contributed by atoms with E-state index < -0.39 is 0 Å². The summed E-state index contributed by atoms with van der Waals surface area (Å²) < 4.78 is 5.35. The number of anilines is 2. The predicted octanol–water partition coefficient (Wildman–Crippen LogP) is 2.99. The predicted molar refractivity (Wildman–Crippen MR) is 97.1 cm³/mol. The van der Waals surface area contributed by atoms with Crippen LogP contribution in [-0.4, -0.2) is 35.6 Å². The van der Waals surface area contributed by atoms with Crippen LogP contribution in [0.15, 0.2) is 30.3 Å². The number of benzene rings is 1. The summed E-state index contributed by atoms with van der Waals surface area (Å²) in [7, 11) is 0. The number of rotatable bonds is 5. The maximum Gasteiger partial charge on any atom is 0.251 e. The minimum Gasteiger partial charge on any atom is -0.381 e. The van der Waals surface area contributed by atoms with Gasteiger partial charge in [0.2, 0.25) is 5.95 Å². The van der Waals surface area contributed by atoms with Crippen molar-refractivity contribution in [1.82, 2.24) is 15.3 Å². The molecule has 1 saturated heterocycles. The molecular formula is C19H24N4O2. The molecule has 0 bridgehead atoms. The first kappa shape index (κ1) is 17.4. The van der Waals surface area contributed by atoms with E-state index in [1.54, 1.807) is 0 Å². The molecule has 25 heavy (non-hydrogen) atoms. The Hall–Kier alpha value is -2.47. The van der Waals surface area contributed by atoms with Crippen LogP contribution < -0.4 is 10.6 Å². The number of nitrogens with zero attached hydrogens (tertiary/aromatic N) is 2. The number of hydrogen-bond donors (Lipinski definition) is 2. The van der Waals surface area contributed by atoms with E-state index in [0.717, 1.165) is 43.1 Å². The SMILES string of the molecule is Cc1cc(C)nc(Nc2cccc(C(=O)NCC3CCOCC3)c2)n1. The highest BCUT2D eigenvalue weighted by atomic mass is 16.5. The fraction of sp³-hybridized carbons (Fsp3) is 0.421. The van der Waals surface area contributed by atoms with Gasteiger partial charge in [0.15, 0.2) is 0 Å². The zero-order valence-corrected chi connectivity index (χ0v) is 14.7. The fourth-order valence-electron chi connectivity index (χ4n) is 2.94. The van der Waals surface area contributed by atoms with Crippen LogP contribution in [-0.2, 0) is 4.74 Å². The van der Waals surface area contributed by atoms with Gasteiger partial charge >= 0.3 is 0 Å². The van der Waals surface area contributed by atoms with Gasteiger partial charge in [0.25, 0.3) is 5.91 Å². The molecule has 0 aliphatic carbocycles. The molecule has 1 amide bonds. The van der Waals surface area contributed by atoms with Crippen molar-refractivity contribution in [2.45, 2.75) is 26.7 Å². The van der Waals surface area contributed by atoms with Crippen LogP contribution in [0.5, 0.6) is 0 Å². The molecule has 6 nitrogen and oxygen atoms in total. The minimum absolute atomic E-state index is 0.0588. The van der Waals surface area contributed by atoms with Crippen molar-refractivity contribution in [3.05, 3.63) is 47.3 Å². The van der Waals surface area contributed by atoms with Crippen LogP contribution >= 0.6 is 0 Å². The molecule has 2 aromatic rings. The lowest BCUT2D eigenvalue weighted by atomic mass is 10.0. The summed E-state index contributed by atoms with van der Waals surface area (Å²) in [6.45, 7) is 6.13. The molecule has 0 saturated carbocycles. The molecule has 0 radical (unpaired) electrons. The van der Waals surface area contributed by atoms with Gasteiger partial charge in [-0.2, -0.15) is 0 Å². The first-order valence-electron chi connectivity index (χ1n) is 8.65. The third-order valence-corrected chi connectivity index (χ3v) is 4.26. The summed E-state index contributed by atoms with van der Waals surface area (Å²) in [5.41, 5.74) is 3.23. The van der Waals surface area contributed by atoms with Gasteiger partial charge in [0.05, 0.1) is 0 Å². The van der Waals surface area contributed by atoms with E-state index in [-0.39, 0.29) is 5.91 Å². The third-order valence-electron chi connectivity index (χ3n) is 4.26. The smallest absolute Gasteiger partial charge is 0.251 e. The van der Waals surface area contributed by atoms with Gasteiger partial charge in [0, 0.05) is 42.4 Å². The summed E-state index contributed by atoms with van der Waals surface area (Å²) in [5.74, 6) is 0.983. The topological polar surface area (TPSA) is 76.1 Å². The summed E-state index contributed by atoms with van der Waals surface area (Å²) in [5, 5.41) is 6.19. The molecule has 132 valence electrons. The second kappa shape index (κ2) is 8.07. The number of carbonyl (C=O) groups excluding carboxylic acids is 1. The van der Waals surface area contributed by atoms with Crippen molar-refractivity contribution in [2.75, 3.05) is 25.1 Å². The highest BCUT2D eigenvalue weighted by molar-refractivity contribution is 5.95. The number of carbonyl (C=O) groups is 1. The summed E-state index contributed by atoms with van der Waals surface area (Å²) in [6, 6.07) is 9.31. The molecule has 0 atom stereocenters. The van der Waals surface area contributed by atoms with E-state index in [0.29, 0.717) is 24.0 Å². The number of nitrogens with one attached hydrogen (secondary N) is 2. The zero-order chi connectivity index (χ0) is 17.6. The zero-order valence-electron chi connectivity index (χ0n) is 14.7. The van der Waals surface area contributed by atoms with Crippen LogP contribution in [0, 0.1) is 19.8 Å². The van der Waals surface area contributed by atoms with Gasteiger partial charge in [0.1, 0.15) is 0 Å². The van der Waals surface area contributed by atoms with Crippen molar-refractivity contribution in [3.8, 4) is 0 Å². The molecule has 3 rings (SSSR count). The van der Waals surface area contributed by atoms with Gasteiger partial charge in [-0.3, -0.25) is 4.79 Å². The van der Waals surface area contributed by atoms with Crippen molar-refractivity contribution >= 4 is 17.5 Å². The van der Waals surface area contributed by atoms with Gasteiger partial charge in [-0.1, -0.05) is 6.07 Å². The maximum atomic E-state index is 12.4. The Bertz CT molecular complexity index is 722. The van der Waals surface area contributed by atoms with E-state index in [1.165, 1.54) is 0 Å². The largest absolute Gasteiger partial charge is 0.381 e. The highest BCUT2D eigenvalue weighted by Gasteiger charge is 2.15. The quantitative estimate of drug-likeness (QED) is 0.875. The first-order chi connectivity index (χ1) is 12.1. The number of aryl methyl sites for hydroxylation is 2. The molecule has 2 heterocycles. The van der Waals surface area contributed by atoms with Gasteiger partial charge in [-0.25, -0.2) is 9.97 Å². The Kier molecular flexibility index (Phi) is 5.60. The fourth-order valence-corrected chi connectivity index (χ4v) is 2.94. The van der Waals surface area contributed by atoms with E-state index in [9.17, 15) is 4.79 Å². The summed E-state index contributed by atoms with van der Waals surface area (Å²) >= 11 is 0. The van der Waals surface area contributed by atoms with E-state index in [1.807, 2.05) is 44.2 Å². The van der Waals surface area contributed by atoms with E-state index in [4.69, 9.17) is 4.74 Å². The molecule has 0 unspecified atom stereocenters. The minimum atomic E-state index is -0.0588. The van der Waals surface area contributed by atoms with Crippen LogP contribution in [0.2, 0.25) is 0 Å². The Balaban J connectivity index is 1.62. The normalized spacial score (nSPS) is 15.0. The Morgan fingerprint density at radius 3 is 2.60 bits per heavy atom. The lowest BCUT2D eigenvalue weighted by molar-refractivity contribution is 0.0642. The van der Waals surface area contributed by atoms with E-state index >= 15 is 0 Å². The Labute approximate surface area is 148 Å². The van der Waals surface area contributed by atoms with Crippen molar-refractivity contribution in [2.24, 2.45) is 5.92 Å². The Morgan fingerprint density at radius 2 is 1.88 bits per heavy atom. The van der Waals surface area contributed by atoms with Crippen LogP contribution in [0.1, 0.15) is 34.6 Å².